The summed E-state index contributed by atoms with van der Waals surface area (Å²) in [6.07, 6.45) is 0.851. The number of piperazine rings is 1. The number of hydrogen-bond donors (Lipinski definition) is 1. The van der Waals surface area contributed by atoms with Crippen molar-refractivity contribution in [3.8, 4) is 5.82 Å². The molecule has 2 aliphatic rings. The van der Waals surface area contributed by atoms with Crippen LogP contribution in [0.15, 0.2) is 30.6 Å². The van der Waals surface area contributed by atoms with Crippen LogP contribution in [0, 0.1) is 6.92 Å². The first-order valence-corrected chi connectivity index (χ1v) is 10.1. The van der Waals surface area contributed by atoms with Gasteiger partial charge in [-0.25, -0.2) is 4.79 Å². The summed E-state index contributed by atoms with van der Waals surface area (Å²) in [4.78, 5) is 16.1. The Morgan fingerprint density at radius 3 is 2.58 bits per heavy atom. The number of hydrogen-bond acceptors (Lipinski definition) is 10. The van der Waals surface area contributed by atoms with Crippen molar-refractivity contribution in [3.63, 3.8) is 0 Å². The highest BCUT2D eigenvalue weighted by Gasteiger charge is 2.27. The van der Waals surface area contributed by atoms with Crippen LogP contribution in [-0.4, -0.2) is 79.1 Å². The van der Waals surface area contributed by atoms with Crippen molar-refractivity contribution >= 4 is 11.8 Å². The van der Waals surface area contributed by atoms with E-state index in [0.717, 1.165) is 48.7 Å². The van der Waals surface area contributed by atoms with Gasteiger partial charge in [0.25, 0.3) is 0 Å². The van der Waals surface area contributed by atoms with Gasteiger partial charge in [-0.3, -0.25) is 4.90 Å². The molecule has 2 aliphatic heterocycles. The Hall–Kier alpha value is -3.44. The first-order valence-electron chi connectivity index (χ1n) is 10.1. The summed E-state index contributed by atoms with van der Waals surface area (Å²) >= 11 is 0. The molecule has 0 amide bonds. The van der Waals surface area contributed by atoms with Crippen LogP contribution in [0.4, 0.5) is 5.82 Å². The van der Waals surface area contributed by atoms with Crippen LogP contribution in [-0.2, 0) is 11.3 Å². The van der Waals surface area contributed by atoms with Gasteiger partial charge in [0.05, 0.1) is 11.7 Å². The van der Waals surface area contributed by atoms with Crippen LogP contribution in [0.1, 0.15) is 33.2 Å². The van der Waals surface area contributed by atoms with Crippen LogP contribution in [0.5, 0.6) is 0 Å². The van der Waals surface area contributed by atoms with E-state index in [-0.39, 0.29) is 12.6 Å². The third kappa shape index (κ3) is 3.73. The van der Waals surface area contributed by atoms with Crippen LogP contribution in [0.25, 0.3) is 5.82 Å². The minimum absolute atomic E-state index is 0.284. The molecule has 11 nitrogen and oxygen atoms in total. The number of esters is 1. The lowest BCUT2D eigenvalue weighted by Crippen LogP contribution is -2.48. The van der Waals surface area contributed by atoms with E-state index in [2.05, 4.69) is 35.5 Å². The van der Waals surface area contributed by atoms with E-state index < -0.39 is 6.10 Å². The molecule has 1 N–H and O–H groups in total. The fourth-order valence-electron chi connectivity index (χ4n) is 4.11. The van der Waals surface area contributed by atoms with Crippen molar-refractivity contribution in [2.45, 2.75) is 19.6 Å². The number of fused-ring (bicyclic) bond motifs is 1. The summed E-state index contributed by atoms with van der Waals surface area (Å²) in [6.45, 7) is 5.94. The second-order valence-corrected chi connectivity index (χ2v) is 7.69. The molecule has 1 atom stereocenters. The lowest BCUT2D eigenvalue weighted by Gasteiger charge is -2.36. The van der Waals surface area contributed by atoms with E-state index in [1.54, 1.807) is 6.07 Å². The number of carbonyl (C=O) groups is 1. The van der Waals surface area contributed by atoms with Gasteiger partial charge in [-0.1, -0.05) is 6.07 Å². The molecule has 0 aliphatic carbocycles. The number of anilines is 1. The number of aliphatic hydroxyl groups excluding tert-OH is 1. The standard InChI is InChI=1S/C20H22N8O3/c1-13-14(2-3-15-16(13)11-31-20(15)30)17(29)10-26-6-8-27(9-7-26)18-4-5-19(23-22-18)28-12-21-24-25-28/h2-5,12,17,29H,6-11H2,1H3/t17-/m0/s1. The number of aromatic nitrogens is 6. The zero-order valence-electron chi connectivity index (χ0n) is 17.0. The van der Waals surface area contributed by atoms with Gasteiger partial charge in [0.2, 0.25) is 0 Å². The molecule has 0 spiro atoms. The zero-order chi connectivity index (χ0) is 21.4. The van der Waals surface area contributed by atoms with Crippen LogP contribution >= 0.6 is 0 Å². The first-order chi connectivity index (χ1) is 15.1. The van der Waals surface area contributed by atoms with Crippen molar-refractivity contribution < 1.29 is 14.6 Å². The number of benzene rings is 1. The summed E-state index contributed by atoms with van der Waals surface area (Å²) in [5.41, 5.74) is 3.28. The molecule has 31 heavy (non-hydrogen) atoms. The van der Waals surface area contributed by atoms with Gasteiger partial charge >= 0.3 is 5.97 Å². The summed E-state index contributed by atoms with van der Waals surface area (Å²) in [6, 6.07) is 7.33. The number of nitrogens with zero attached hydrogens (tertiary/aromatic N) is 8. The van der Waals surface area contributed by atoms with Gasteiger partial charge in [0.1, 0.15) is 12.9 Å². The topological polar surface area (TPSA) is 122 Å². The van der Waals surface area contributed by atoms with Gasteiger partial charge < -0.3 is 14.7 Å². The Morgan fingerprint density at radius 1 is 1.10 bits per heavy atom. The van der Waals surface area contributed by atoms with Crippen molar-refractivity contribution in [3.05, 3.63) is 52.8 Å². The largest absolute Gasteiger partial charge is 0.457 e. The van der Waals surface area contributed by atoms with Gasteiger partial charge in [-0.2, -0.15) is 4.68 Å². The van der Waals surface area contributed by atoms with Crippen molar-refractivity contribution in [1.29, 1.82) is 0 Å². The van der Waals surface area contributed by atoms with E-state index in [0.29, 0.717) is 17.9 Å². The number of aliphatic hydroxyl groups is 1. The highest BCUT2D eigenvalue weighted by atomic mass is 16.5. The number of tetrazole rings is 1. The molecule has 1 saturated heterocycles. The average Bonchev–Trinajstić information content (AvgIpc) is 3.46. The van der Waals surface area contributed by atoms with Crippen molar-refractivity contribution in [2.75, 3.05) is 37.6 Å². The Bertz CT molecular complexity index is 1080. The quantitative estimate of drug-likeness (QED) is 0.574. The molecule has 0 bridgehead atoms. The maximum Gasteiger partial charge on any atom is 0.338 e. The van der Waals surface area contributed by atoms with E-state index in [9.17, 15) is 9.90 Å². The number of β-amino-alcohol motifs (C(OH)–C–C–N with tert-alkyl or cyclic N) is 1. The summed E-state index contributed by atoms with van der Waals surface area (Å²) in [7, 11) is 0. The molecule has 11 heteroatoms. The number of carbonyl (C=O) groups excluding carboxylic acids is 1. The van der Waals surface area contributed by atoms with E-state index in [1.807, 2.05) is 25.1 Å². The smallest absolute Gasteiger partial charge is 0.338 e. The van der Waals surface area contributed by atoms with E-state index in [4.69, 9.17) is 4.74 Å². The molecule has 1 aromatic carbocycles. The van der Waals surface area contributed by atoms with Gasteiger partial charge in [0.15, 0.2) is 11.6 Å². The first kappa shape index (κ1) is 19.5. The zero-order valence-corrected chi connectivity index (χ0v) is 17.0. The molecule has 0 unspecified atom stereocenters. The van der Waals surface area contributed by atoms with Crippen molar-refractivity contribution in [1.82, 2.24) is 35.3 Å². The predicted molar refractivity (Wildman–Crippen MR) is 109 cm³/mol. The average molecular weight is 422 g/mol. The number of ether oxygens (including phenoxy) is 1. The second kappa shape index (κ2) is 8.00. The fourth-order valence-corrected chi connectivity index (χ4v) is 4.11. The minimum Gasteiger partial charge on any atom is -0.457 e. The predicted octanol–water partition coefficient (Wildman–Crippen LogP) is 0.287. The fraction of sp³-hybridized carbons (Fsp3) is 0.400. The highest BCUT2D eigenvalue weighted by Crippen LogP contribution is 2.29. The Balaban J connectivity index is 1.19. The van der Waals surface area contributed by atoms with Gasteiger partial charge in [-0.15, -0.1) is 15.3 Å². The van der Waals surface area contributed by atoms with Crippen LogP contribution < -0.4 is 4.90 Å². The molecule has 0 radical (unpaired) electrons. The number of cyclic esters (lactones) is 1. The molecule has 2 aromatic heterocycles. The summed E-state index contributed by atoms with van der Waals surface area (Å²) in [5.74, 6) is 1.08. The minimum atomic E-state index is -0.622. The maximum absolute atomic E-state index is 11.7. The third-order valence-electron chi connectivity index (χ3n) is 5.91. The molecule has 3 aromatic rings. The summed E-state index contributed by atoms with van der Waals surface area (Å²) < 4.78 is 6.57. The molecule has 4 heterocycles. The SMILES string of the molecule is Cc1c([C@@H](O)CN2CCN(c3ccc(-n4cnnn4)nn3)CC2)ccc2c1COC2=O. The molecule has 160 valence electrons. The van der Waals surface area contributed by atoms with Crippen LogP contribution in [0.2, 0.25) is 0 Å². The normalized spacial score (nSPS) is 17.5. The van der Waals surface area contributed by atoms with E-state index in [1.165, 1.54) is 11.0 Å². The molecule has 1 fully saturated rings. The lowest BCUT2D eigenvalue weighted by atomic mass is 9.95. The van der Waals surface area contributed by atoms with Gasteiger partial charge in [0, 0.05) is 38.3 Å². The van der Waals surface area contributed by atoms with Gasteiger partial charge in [-0.05, 0) is 46.7 Å². The maximum atomic E-state index is 11.7. The lowest BCUT2D eigenvalue weighted by molar-refractivity contribution is 0.0535. The Kier molecular flexibility index (Phi) is 5.04. The van der Waals surface area contributed by atoms with E-state index >= 15 is 0 Å². The summed E-state index contributed by atoms with van der Waals surface area (Å²) in [5, 5.41) is 30.3. The molecular weight excluding hydrogens is 400 g/mol. The van der Waals surface area contributed by atoms with Crippen molar-refractivity contribution in [2.24, 2.45) is 0 Å². The molecule has 5 rings (SSSR count). The third-order valence-corrected chi connectivity index (χ3v) is 5.91. The Morgan fingerprint density at radius 2 is 1.87 bits per heavy atom. The van der Waals surface area contributed by atoms with Crippen LogP contribution in [0.3, 0.4) is 0 Å². The molecular formula is C20H22N8O3. The number of rotatable bonds is 5. The monoisotopic (exact) mass is 422 g/mol. The second-order valence-electron chi connectivity index (χ2n) is 7.69. The molecule has 0 saturated carbocycles. The highest BCUT2D eigenvalue weighted by molar-refractivity contribution is 5.93. The Labute approximate surface area is 178 Å².